The molecule has 1 fully saturated rings. The van der Waals surface area contributed by atoms with E-state index < -0.39 is 5.60 Å². The average molecular weight is 494 g/mol. The molecule has 4 heteroatoms. The van der Waals surface area contributed by atoms with Crippen LogP contribution in [-0.4, -0.2) is 36.2 Å². The minimum atomic E-state index is -0.947. The fourth-order valence-corrected chi connectivity index (χ4v) is 5.03. The van der Waals surface area contributed by atoms with Crippen LogP contribution < -0.4 is 4.74 Å². The Bertz CT molecular complexity index is 945. The van der Waals surface area contributed by atoms with Crippen molar-refractivity contribution in [2.45, 2.75) is 31.8 Å². The highest BCUT2D eigenvalue weighted by Gasteiger charge is 2.41. The molecule has 3 aromatic carbocycles. The summed E-state index contributed by atoms with van der Waals surface area (Å²) < 4.78 is 7.05. The van der Waals surface area contributed by atoms with E-state index in [1.165, 1.54) is 5.56 Å². The fraction of sp³-hybridized carbons (Fsp3) is 0.357. The minimum absolute atomic E-state index is 0.200. The molecular formula is C28H32BrNO2. The van der Waals surface area contributed by atoms with Gasteiger partial charge in [0.15, 0.2) is 0 Å². The molecule has 4 rings (SSSR count). The van der Waals surface area contributed by atoms with Gasteiger partial charge in [0, 0.05) is 11.0 Å². The van der Waals surface area contributed by atoms with E-state index >= 15 is 0 Å². The summed E-state index contributed by atoms with van der Waals surface area (Å²) in [5, 5.41) is 12.0. The fourth-order valence-electron chi connectivity index (χ4n) is 4.78. The number of aliphatic hydroxyl groups is 1. The third-order valence-corrected chi connectivity index (χ3v) is 7.51. The van der Waals surface area contributed by atoms with Gasteiger partial charge in [-0.1, -0.05) is 76.6 Å². The summed E-state index contributed by atoms with van der Waals surface area (Å²) in [6, 6.07) is 26.4. The van der Waals surface area contributed by atoms with Gasteiger partial charge in [-0.25, -0.2) is 0 Å². The Morgan fingerprint density at radius 2 is 1.53 bits per heavy atom. The van der Waals surface area contributed by atoms with Crippen LogP contribution >= 0.6 is 15.9 Å². The maximum Gasteiger partial charge on any atom is 0.119 e. The number of aryl methyl sites for hydroxylation is 1. The van der Waals surface area contributed by atoms with Crippen LogP contribution in [0.4, 0.5) is 0 Å². The highest BCUT2D eigenvalue weighted by molar-refractivity contribution is 9.10. The Morgan fingerprint density at radius 1 is 0.938 bits per heavy atom. The lowest BCUT2D eigenvalue weighted by atomic mass is 9.72. The van der Waals surface area contributed by atoms with Crippen LogP contribution in [0.15, 0.2) is 83.3 Å². The molecule has 1 saturated heterocycles. The summed E-state index contributed by atoms with van der Waals surface area (Å²) in [4.78, 5) is 2.50. The van der Waals surface area contributed by atoms with E-state index in [9.17, 15) is 5.11 Å². The van der Waals surface area contributed by atoms with Crippen molar-refractivity contribution in [1.82, 2.24) is 4.90 Å². The molecular weight excluding hydrogens is 462 g/mol. The highest BCUT2D eigenvalue weighted by atomic mass is 79.9. The summed E-state index contributed by atoms with van der Waals surface area (Å²) >= 11 is 3.53. The van der Waals surface area contributed by atoms with Gasteiger partial charge < -0.3 is 14.7 Å². The molecule has 0 amide bonds. The molecule has 0 unspecified atom stereocenters. The lowest BCUT2D eigenvalue weighted by Gasteiger charge is -2.42. The van der Waals surface area contributed by atoms with Crippen LogP contribution in [0.2, 0.25) is 0 Å². The van der Waals surface area contributed by atoms with Gasteiger partial charge in [-0.2, -0.15) is 0 Å². The Kier molecular flexibility index (Phi) is 7.67. The van der Waals surface area contributed by atoms with E-state index in [1.54, 1.807) is 0 Å². The van der Waals surface area contributed by atoms with Gasteiger partial charge in [0.1, 0.15) is 11.4 Å². The average Bonchev–Trinajstić information content (AvgIpc) is 2.85. The lowest BCUT2D eigenvalue weighted by Crippen LogP contribution is -2.44. The molecule has 1 aliphatic rings. The first-order valence-corrected chi connectivity index (χ1v) is 12.3. The monoisotopic (exact) mass is 493 g/mol. The molecule has 1 N–H and O–H groups in total. The lowest BCUT2D eigenvalue weighted by molar-refractivity contribution is -0.0146. The minimum Gasteiger partial charge on any atom is -0.494 e. The number of rotatable bonds is 8. The molecule has 3 aromatic rings. The Hall–Kier alpha value is -2.14. The quantitative estimate of drug-likeness (QED) is 0.380. The van der Waals surface area contributed by atoms with E-state index in [1.807, 2.05) is 48.5 Å². The largest absolute Gasteiger partial charge is 0.494 e. The van der Waals surface area contributed by atoms with Crippen molar-refractivity contribution in [3.63, 3.8) is 0 Å². The maximum atomic E-state index is 12.0. The molecule has 0 aromatic heterocycles. The van der Waals surface area contributed by atoms with Gasteiger partial charge in [0.25, 0.3) is 0 Å². The summed E-state index contributed by atoms with van der Waals surface area (Å²) in [5.41, 5.74) is 2.22. The highest BCUT2D eigenvalue weighted by Crippen LogP contribution is 2.41. The number of ether oxygens (including phenoxy) is 1. The third kappa shape index (κ3) is 5.25. The number of likely N-dealkylation sites (tertiary alicyclic amines) is 1. The molecule has 1 aliphatic heterocycles. The van der Waals surface area contributed by atoms with Crippen molar-refractivity contribution in [2.24, 2.45) is 5.92 Å². The molecule has 0 saturated carbocycles. The van der Waals surface area contributed by atoms with E-state index in [0.29, 0.717) is 0 Å². The Morgan fingerprint density at radius 3 is 2.09 bits per heavy atom. The first kappa shape index (κ1) is 23.0. The van der Waals surface area contributed by atoms with Crippen molar-refractivity contribution in [1.29, 1.82) is 0 Å². The number of piperidine rings is 1. The van der Waals surface area contributed by atoms with Gasteiger partial charge in [-0.05, 0) is 80.1 Å². The predicted molar refractivity (Wildman–Crippen MR) is 134 cm³/mol. The van der Waals surface area contributed by atoms with Gasteiger partial charge in [-0.3, -0.25) is 0 Å². The first-order valence-electron chi connectivity index (χ1n) is 11.5. The third-order valence-electron chi connectivity index (χ3n) is 6.62. The second kappa shape index (κ2) is 10.7. The van der Waals surface area contributed by atoms with Crippen molar-refractivity contribution < 1.29 is 9.84 Å². The second-order valence-electron chi connectivity index (χ2n) is 8.73. The smallest absolute Gasteiger partial charge is 0.119 e. The molecule has 0 atom stereocenters. The number of halogens is 1. The van der Waals surface area contributed by atoms with Crippen LogP contribution in [-0.2, 0) is 5.60 Å². The zero-order valence-corrected chi connectivity index (χ0v) is 20.3. The zero-order chi connectivity index (χ0) is 22.4. The number of nitrogens with zero attached hydrogens (tertiary/aromatic N) is 1. The number of hydrogen-bond donors (Lipinski definition) is 1. The van der Waals surface area contributed by atoms with Crippen molar-refractivity contribution >= 4 is 15.9 Å². The molecule has 3 nitrogen and oxygen atoms in total. The van der Waals surface area contributed by atoms with E-state index in [0.717, 1.165) is 66.9 Å². The van der Waals surface area contributed by atoms with Crippen LogP contribution in [0.5, 0.6) is 5.75 Å². The van der Waals surface area contributed by atoms with Crippen molar-refractivity contribution in [3.8, 4) is 5.75 Å². The molecule has 168 valence electrons. The van der Waals surface area contributed by atoms with Crippen LogP contribution in [0.25, 0.3) is 0 Å². The van der Waals surface area contributed by atoms with E-state index in [4.69, 9.17) is 4.74 Å². The summed E-state index contributed by atoms with van der Waals surface area (Å²) in [6.45, 7) is 5.83. The molecule has 0 aliphatic carbocycles. The Balaban J connectivity index is 1.33. The number of hydrogen-bond acceptors (Lipinski definition) is 3. The van der Waals surface area contributed by atoms with Crippen molar-refractivity contribution in [2.75, 3.05) is 26.2 Å². The van der Waals surface area contributed by atoms with E-state index in [2.05, 4.69) is 58.1 Å². The topological polar surface area (TPSA) is 32.7 Å². The van der Waals surface area contributed by atoms with Crippen molar-refractivity contribution in [3.05, 3.63) is 100 Å². The van der Waals surface area contributed by atoms with E-state index in [-0.39, 0.29) is 5.92 Å². The van der Waals surface area contributed by atoms with Gasteiger partial charge in [0.2, 0.25) is 0 Å². The maximum absolute atomic E-state index is 12.0. The van der Waals surface area contributed by atoms with Gasteiger partial charge in [-0.15, -0.1) is 0 Å². The predicted octanol–water partition coefficient (Wildman–Crippen LogP) is 6.17. The molecule has 32 heavy (non-hydrogen) atoms. The normalized spacial score (nSPS) is 15.6. The van der Waals surface area contributed by atoms with Crippen LogP contribution in [0, 0.1) is 12.8 Å². The summed E-state index contributed by atoms with van der Waals surface area (Å²) in [6.07, 6.45) is 2.96. The SMILES string of the molecule is Cc1cc(OCCCN2CCC(C(O)(c3ccccc3)c3ccccc3)CC2)ccc1Br. The molecule has 0 radical (unpaired) electrons. The zero-order valence-electron chi connectivity index (χ0n) is 18.7. The van der Waals surface area contributed by atoms with Gasteiger partial charge >= 0.3 is 0 Å². The van der Waals surface area contributed by atoms with Gasteiger partial charge in [0.05, 0.1) is 6.61 Å². The van der Waals surface area contributed by atoms with Crippen LogP contribution in [0.3, 0.4) is 0 Å². The Labute approximate surface area is 200 Å². The summed E-state index contributed by atoms with van der Waals surface area (Å²) in [5.74, 6) is 1.13. The standard InChI is InChI=1S/C28H32BrNO2/c1-22-21-26(13-14-27(22)29)32-20-8-17-30-18-15-25(16-19-30)28(31,23-9-4-2-5-10-23)24-11-6-3-7-12-24/h2-7,9-14,21,25,31H,8,15-20H2,1H3. The first-order chi connectivity index (χ1) is 15.6. The number of benzene rings is 3. The summed E-state index contributed by atoms with van der Waals surface area (Å²) in [7, 11) is 0. The molecule has 0 bridgehead atoms. The molecule has 1 heterocycles. The second-order valence-corrected chi connectivity index (χ2v) is 9.58. The van der Waals surface area contributed by atoms with Crippen LogP contribution in [0.1, 0.15) is 36.0 Å². The molecule has 0 spiro atoms.